The van der Waals surface area contributed by atoms with Crippen LogP contribution in [0.5, 0.6) is 11.5 Å². The van der Waals surface area contributed by atoms with Crippen molar-refractivity contribution in [3.05, 3.63) is 47.5 Å². The molecule has 1 saturated heterocycles. The van der Waals surface area contributed by atoms with Crippen molar-refractivity contribution in [1.29, 1.82) is 0 Å². The predicted octanol–water partition coefficient (Wildman–Crippen LogP) is 4.17. The molecule has 0 bridgehead atoms. The van der Waals surface area contributed by atoms with Gasteiger partial charge in [-0.2, -0.15) is 4.99 Å². The van der Waals surface area contributed by atoms with Gasteiger partial charge in [0.2, 0.25) is 12.0 Å². The van der Waals surface area contributed by atoms with E-state index in [0.29, 0.717) is 56.1 Å². The van der Waals surface area contributed by atoms with Gasteiger partial charge in [-0.1, -0.05) is 12.1 Å². The van der Waals surface area contributed by atoms with Crippen molar-refractivity contribution in [3.63, 3.8) is 0 Å². The molecule has 1 fully saturated rings. The Labute approximate surface area is 217 Å². The second-order valence-electron chi connectivity index (χ2n) is 9.17. The Kier molecular flexibility index (Phi) is 10.2. The number of aliphatic hydroxyl groups is 1. The van der Waals surface area contributed by atoms with E-state index in [-0.39, 0.29) is 29.2 Å². The lowest BCUT2D eigenvalue weighted by Crippen LogP contribution is -2.39. The molecule has 1 heterocycles. The van der Waals surface area contributed by atoms with Gasteiger partial charge in [0.05, 0.1) is 31.1 Å². The van der Waals surface area contributed by atoms with E-state index in [0.717, 1.165) is 24.8 Å². The lowest BCUT2D eigenvalue weighted by Gasteiger charge is -2.29. The van der Waals surface area contributed by atoms with Crippen LogP contribution in [-0.2, 0) is 9.59 Å². The molecule has 198 valence electrons. The molecule has 1 N–H and O–H groups in total. The number of aliphatic hydroxyl groups excluding tert-OH is 1. The second kappa shape index (κ2) is 13.6. The van der Waals surface area contributed by atoms with E-state index in [4.69, 9.17) is 9.47 Å². The summed E-state index contributed by atoms with van der Waals surface area (Å²) in [5.41, 5.74) is 1.91. The first kappa shape index (κ1) is 27.9. The molecule has 0 aromatic heterocycles. The van der Waals surface area contributed by atoms with Crippen molar-refractivity contribution >= 4 is 29.3 Å². The number of hydrogen-bond donors (Lipinski definition) is 1. The van der Waals surface area contributed by atoms with Crippen LogP contribution in [0.3, 0.4) is 0 Å². The Morgan fingerprint density at radius 1 is 1.14 bits per heavy atom. The van der Waals surface area contributed by atoms with Gasteiger partial charge in [-0.25, -0.2) is 4.79 Å². The molecule has 0 radical (unpaired) electrons. The third kappa shape index (κ3) is 7.41. The SMILES string of the molecule is COc1cccc(C(=O)N(C)c2ccc(C)cc2OCCCCCC(=O)N2CCC(O)CC2)c1N=C=O. The molecule has 0 unspecified atom stereocenters. The molecule has 3 rings (SSSR count). The van der Waals surface area contributed by atoms with Gasteiger partial charge in [-0.3, -0.25) is 9.59 Å². The summed E-state index contributed by atoms with van der Waals surface area (Å²) >= 11 is 0. The maximum Gasteiger partial charge on any atom is 0.260 e. The van der Waals surface area contributed by atoms with E-state index in [1.807, 2.05) is 30.0 Å². The zero-order valence-electron chi connectivity index (χ0n) is 21.7. The van der Waals surface area contributed by atoms with Gasteiger partial charge in [0.25, 0.3) is 5.91 Å². The number of likely N-dealkylation sites (tertiary alicyclic amines) is 1. The highest BCUT2D eigenvalue weighted by atomic mass is 16.5. The number of carbonyl (C=O) groups excluding carboxylic acids is 3. The van der Waals surface area contributed by atoms with Gasteiger partial charge in [-0.15, -0.1) is 0 Å². The van der Waals surface area contributed by atoms with Gasteiger partial charge in [-0.05, 0) is 68.9 Å². The number of isocyanates is 1. The van der Waals surface area contributed by atoms with Crippen LogP contribution in [0.2, 0.25) is 0 Å². The van der Waals surface area contributed by atoms with E-state index in [1.165, 1.54) is 18.1 Å². The average Bonchev–Trinajstić information content (AvgIpc) is 2.90. The monoisotopic (exact) mass is 509 g/mol. The smallest absolute Gasteiger partial charge is 0.260 e. The standard InChI is InChI=1S/C28H35N3O6/c1-20-11-12-23(30(2)28(35)22-8-7-9-24(36-3)27(22)29-19-32)25(18-20)37-17-6-4-5-10-26(34)31-15-13-21(33)14-16-31/h7-9,11-12,18,21,33H,4-6,10,13-17H2,1-3H3. The van der Waals surface area contributed by atoms with Gasteiger partial charge < -0.3 is 24.4 Å². The van der Waals surface area contributed by atoms with Gasteiger partial charge >= 0.3 is 0 Å². The highest BCUT2D eigenvalue weighted by Gasteiger charge is 2.23. The lowest BCUT2D eigenvalue weighted by molar-refractivity contribution is -0.133. The zero-order valence-corrected chi connectivity index (χ0v) is 21.7. The Morgan fingerprint density at radius 2 is 1.89 bits per heavy atom. The van der Waals surface area contributed by atoms with Crippen LogP contribution in [0, 0.1) is 6.92 Å². The first-order valence-electron chi connectivity index (χ1n) is 12.6. The first-order chi connectivity index (χ1) is 17.8. The number of aliphatic imine (C=N–C) groups is 1. The largest absolute Gasteiger partial charge is 0.494 e. The topological polar surface area (TPSA) is 109 Å². The van der Waals surface area contributed by atoms with Crippen molar-refractivity contribution in [2.45, 2.75) is 51.6 Å². The van der Waals surface area contributed by atoms with Gasteiger partial charge in [0, 0.05) is 26.6 Å². The van der Waals surface area contributed by atoms with Gasteiger partial charge in [0.15, 0.2) is 0 Å². The van der Waals surface area contributed by atoms with Crippen LogP contribution in [0.25, 0.3) is 0 Å². The minimum Gasteiger partial charge on any atom is -0.494 e. The molecule has 2 amide bonds. The Bertz CT molecular complexity index is 1140. The summed E-state index contributed by atoms with van der Waals surface area (Å²) in [6, 6.07) is 10.5. The quantitative estimate of drug-likeness (QED) is 0.277. The van der Waals surface area contributed by atoms with Crippen LogP contribution < -0.4 is 14.4 Å². The zero-order chi connectivity index (χ0) is 26.8. The molecule has 2 aromatic rings. The molecular weight excluding hydrogens is 474 g/mol. The average molecular weight is 510 g/mol. The number of carbonyl (C=O) groups is 2. The summed E-state index contributed by atoms with van der Waals surface area (Å²) in [5, 5.41) is 9.59. The van der Waals surface area contributed by atoms with Crippen molar-refractivity contribution in [2.24, 2.45) is 4.99 Å². The molecule has 9 heteroatoms. The van der Waals surface area contributed by atoms with Crippen LogP contribution in [-0.4, -0.2) is 67.9 Å². The summed E-state index contributed by atoms with van der Waals surface area (Å²) in [4.78, 5) is 43.6. The summed E-state index contributed by atoms with van der Waals surface area (Å²) in [7, 11) is 3.08. The first-order valence-corrected chi connectivity index (χ1v) is 12.6. The Morgan fingerprint density at radius 3 is 2.59 bits per heavy atom. The maximum absolute atomic E-state index is 13.3. The molecule has 0 spiro atoms. The van der Waals surface area contributed by atoms with Crippen molar-refractivity contribution in [2.75, 3.05) is 38.8 Å². The van der Waals surface area contributed by atoms with E-state index in [2.05, 4.69) is 4.99 Å². The molecule has 0 aliphatic carbocycles. The van der Waals surface area contributed by atoms with Crippen LogP contribution >= 0.6 is 0 Å². The Balaban J connectivity index is 1.58. The summed E-state index contributed by atoms with van der Waals surface area (Å²) < 4.78 is 11.3. The van der Waals surface area contributed by atoms with E-state index in [1.54, 1.807) is 25.2 Å². The van der Waals surface area contributed by atoms with Crippen molar-refractivity contribution in [3.8, 4) is 11.5 Å². The highest BCUT2D eigenvalue weighted by molar-refractivity contribution is 6.10. The number of hydrogen-bond acceptors (Lipinski definition) is 7. The summed E-state index contributed by atoms with van der Waals surface area (Å²) in [6.07, 6.45) is 5.39. The highest BCUT2D eigenvalue weighted by Crippen LogP contribution is 2.35. The minimum absolute atomic E-state index is 0.127. The van der Waals surface area contributed by atoms with E-state index < -0.39 is 0 Å². The van der Waals surface area contributed by atoms with Crippen LogP contribution in [0.4, 0.5) is 11.4 Å². The summed E-state index contributed by atoms with van der Waals surface area (Å²) in [6.45, 7) is 3.65. The van der Waals surface area contributed by atoms with Crippen molar-refractivity contribution < 1.29 is 29.0 Å². The third-order valence-corrected chi connectivity index (χ3v) is 6.50. The molecule has 1 aliphatic rings. The number of anilines is 1. The molecular formula is C28H35N3O6. The third-order valence-electron chi connectivity index (χ3n) is 6.50. The second-order valence-corrected chi connectivity index (χ2v) is 9.17. The number of aryl methyl sites for hydroxylation is 1. The molecule has 1 aliphatic heterocycles. The molecule has 9 nitrogen and oxygen atoms in total. The molecule has 37 heavy (non-hydrogen) atoms. The molecule has 0 saturated carbocycles. The number of methoxy groups -OCH3 is 1. The Hall–Kier alpha value is -3.68. The summed E-state index contributed by atoms with van der Waals surface area (Å²) in [5.74, 6) is 0.650. The number of rotatable bonds is 11. The number of para-hydroxylation sites is 1. The van der Waals surface area contributed by atoms with Gasteiger partial charge in [0.1, 0.15) is 17.2 Å². The van der Waals surface area contributed by atoms with Crippen LogP contribution in [0.1, 0.15) is 54.4 Å². The fourth-order valence-electron chi connectivity index (χ4n) is 4.34. The fourth-order valence-corrected chi connectivity index (χ4v) is 4.34. The normalized spacial score (nSPS) is 13.6. The maximum atomic E-state index is 13.3. The number of benzene rings is 2. The molecule has 0 atom stereocenters. The number of ether oxygens (including phenoxy) is 2. The lowest BCUT2D eigenvalue weighted by atomic mass is 10.1. The van der Waals surface area contributed by atoms with E-state index in [9.17, 15) is 19.5 Å². The van der Waals surface area contributed by atoms with Crippen LogP contribution in [0.15, 0.2) is 41.4 Å². The van der Waals surface area contributed by atoms with E-state index >= 15 is 0 Å². The molecule has 2 aromatic carbocycles. The van der Waals surface area contributed by atoms with Crippen molar-refractivity contribution in [1.82, 2.24) is 4.90 Å². The number of unbranched alkanes of at least 4 members (excludes halogenated alkanes) is 2. The number of amides is 2. The number of nitrogens with zero attached hydrogens (tertiary/aromatic N) is 3. The number of piperidine rings is 1. The minimum atomic E-state index is -0.370. The predicted molar refractivity (Wildman–Crippen MR) is 140 cm³/mol. The fraction of sp³-hybridized carbons (Fsp3) is 0.464.